The third-order valence-electron chi connectivity index (χ3n) is 4.74. The van der Waals surface area contributed by atoms with E-state index < -0.39 is 0 Å². The molecule has 3 aromatic heterocycles. The van der Waals surface area contributed by atoms with Gasteiger partial charge in [-0.25, -0.2) is 4.98 Å². The zero-order chi connectivity index (χ0) is 17.0. The number of ether oxygens (including phenoxy) is 1. The summed E-state index contributed by atoms with van der Waals surface area (Å²) in [6, 6.07) is 8.04. The molecule has 0 bridgehead atoms. The average molecular weight is 332 g/mol. The number of H-pyrrole nitrogens is 1. The van der Waals surface area contributed by atoms with E-state index in [-0.39, 0.29) is 0 Å². The van der Waals surface area contributed by atoms with E-state index in [1.54, 1.807) is 13.3 Å². The van der Waals surface area contributed by atoms with Crippen LogP contribution < -0.4 is 4.74 Å². The number of aromatic nitrogens is 6. The molecule has 4 heterocycles. The van der Waals surface area contributed by atoms with E-state index in [2.05, 4.69) is 30.9 Å². The molecule has 7 nitrogen and oxygen atoms in total. The average Bonchev–Trinajstić information content (AvgIpc) is 3.34. The predicted octanol–water partition coefficient (Wildman–Crippen LogP) is 2.58. The van der Waals surface area contributed by atoms with Crippen LogP contribution in [0.15, 0.2) is 43.0 Å². The molecular weight excluding hydrogens is 316 g/mol. The molecule has 0 saturated carbocycles. The Balaban J connectivity index is 1.81. The van der Waals surface area contributed by atoms with Gasteiger partial charge in [-0.15, -0.1) is 0 Å². The van der Waals surface area contributed by atoms with Gasteiger partial charge in [0.25, 0.3) is 0 Å². The zero-order valence-electron chi connectivity index (χ0n) is 13.9. The standard InChI is InChI=1S/C18H16N6O/c1-23-15(5-6-21-23)18-16-7-11-9-20-22-17(11)13-8-12(25-2)3-4-14(13)24(16)10-19-18/h3-6,8-10H,7H2,1-2H3,(H,20,22). The Labute approximate surface area is 143 Å². The second-order valence-electron chi connectivity index (χ2n) is 6.08. The van der Waals surface area contributed by atoms with Crippen LogP contribution >= 0.6 is 0 Å². The van der Waals surface area contributed by atoms with E-state index in [0.717, 1.165) is 51.8 Å². The summed E-state index contributed by atoms with van der Waals surface area (Å²) >= 11 is 0. The van der Waals surface area contributed by atoms with Crippen LogP contribution in [0.5, 0.6) is 5.75 Å². The first kappa shape index (κ1) is 14.0. The fourth-order valence-corrected chi connectivity index (χ4v) is 3.48. The van der Waals surface area contributed by atoms with Crippen LogP contribution in [0.1, 0.15) is 11.3 Å². The van der Waals surface area contributed by atoms with Gasteiger partial charge in [-0.2, -0.15) is 10.2 Å². The molecule has 7 heteroatoms. The Morgan fingerprint density at radius 1 is 1.24 bits per heavy atom. The summed E-state index contributed by atoms with van der Waals surface area (Å²) in [6.07, 6.45) is 6.29. The molecule has 1 aliphatic rings. The van der Waals surface area contributed by atoms with Crippen molar-refractivity contribution in [2.24, 2.45) is 7.05 Å². The third kappa shape index (κ3) is 1.95. The van der Waals surface area contributed by atoms with Crippen molar-refractivity contribution in [1.29, 1.82) is 0 Å². The molecule has 0 amide bonds. The summed E-state index contributed by atoms with van der Waals surface area (Å²) in [7, 11) is 3.61. The van der Waals surface area contributed by atoms with Gasteiger partial charge in [0.1, 0.15) is 17.8 Å². The van der Waals surface area contributed by atoms with Crippen LogP contribution in [0.25, 0.3) is 28.3 Å². The highest BCUT2D eigenvalue weighted by molar-refractivity contribution is 5.77. The van der Waals surface area contributed by atoms with E-state index >= 15 is 0 Å². The molecule has 1 N–H and O–H groups in total. The third-order valence-corrected chi connectivity index (χ3v) is 4.74. The van der Waals surface area contributed by atoms with Crippen LogP contribution in [-0.2, 0) is 13.5 Å². The van der Waals surface area contributed by atoms with E-state index in [1.807, 2.05) is 42.5 Å². The molecule has 0 aliphatic carbocycles. The first-order valence-corrected chi connectivity index (χ1v) is 8.02. The van der Waals surface area contributed by atoms with Gasteiger partial charge >= 0.3 is 0 Å². The molecule has 4 aromatic rings. The molecule has 0 radical (unpaired) electrons. The number of benzene rings is 1. The number of aromatic amines is 1. The van der Waals surface area contributed by atoms with Crippen molar-refractivity contribution in [2.45, 2.75) is 6.42 Å². The Kier molecular flexibility index (Phi) is 2.85. The topological polar surface area (TPSA) is 73.6 Å². The minimum absolute atomic E-state index is 0.739. The summed E-state index contributed by atoms with van der Waals surface area (Å²) in [5.41, 5.74) is 7.33. The molecule has 25 heavy (non-hydrogen) atoms. The van der Waals surface area contributed by atoms with Gasteiger partial charge in [0.05, 0.1) is 36.1 Å². The first-order valence-electron chi connectivity index (χ1n) is 8.02. The fraction of sp³-hybridized carbons (Fsp3) is 0.167. The quantitative estimate of drug-likeness (QED) is 0.539. The van der Waals surface area contributed by atoms with Gasteiger partial charge in [0, 0.05) is 30.8 Å². The van der Waals surface area contributed by atoms with Crippen molar-refractivity contribution in [2.75, 3.05) is 7.11 Å². The van der Waals surface area contributed by atoms with E-state index in [4.69, 9.17) is 4.74 Å². The number of nitrogens with zero attached hydrogens (tertiary/aromatic N) is 5. The molecule has 5 rings (SSSR count). The van der Waals surface area contributed by atoms with Gasteiger partial charge in [-0.1, -0.05) is 0 Å². The molecule has 1 aromatic carbocycles. The van der Waals surface area contributed by atoms with Crippen molar-refractivity contribution in [3.63, 3.8) is 0 Å². The molecule has 0 spiro atoms. The normalized spacial score (nSPS) is 12.2. The van der Waals surface area contributed by atoms with Crippen molar-refractivity contribution in [3.8, 4) is 34.1 Å². The number of imidazole rings is 1. The fourth-order valence-electron chi connectivity index (χ4n) is 3.48. The number of aryl methyl sites for hydroxylation is 1. The van der Waals surface area contributed by atoms with Crippen molar-refractivity contribution in [1.82, 2.24) is 29.5 Å². The summed E-state index contributed by atoms with van der Waals surface area (Å²) in [5, 5.41) is 11.7. The number of rotatable bonds is 2. The lowest BCUT2D eigenvalue weighted by Gasteiger charge is -2.11. The lowest BCUT2D eigenvalue weighted by molar-refractivity contribution is 0.415. The van der Waals surface area contributed by atoms with Gasteiger partial charge in [0.2, 0.25) is 0 Å². The molecule has 0 unspecified atom stereocenters. The second-order valence-corrected chi connectivity index (χ2v) is 6.08. The summed E-state index contributed by atoms with van der Waals surface area (Å²) in [6.45, 7) is 0. The molecule has 0 atom stereocenters. The summed E-state index contributed by atoms with van der Waals surface area (Å²) in [5.74, 6) is 0.815. The van der Waals surface area contributed by atoms with E-state index in [1.165, 1.54) is 0 Å². The van der Waals surface area contributed by atoms with Crippen LogP contribution in [-0.4, -0.2) is 36.6 Å². The minimum atomic E-state index is 0.739. The Morgan fingerprint density at radius 3 is 2.96 bits per heavy atom. The molecule has 0 saturated heterocycles. The van der Waals surface area contributed by atoms with Crippen molar-refractivity contribution in [3.05, 3.63) is 54.2 Å². The number of nitrogens with one attached hydrogen (secondary N) is 1. The van der Waals surface area contributed by atoms with Gasteiger partial charge < -0.3 is 9.30 Å². The second kappa shape index (κ2) is 5.07. The minimum Gasteiger partial charge on any atom is -0.497 e. The number of hydrogen-bond acceptors (Lipinski definition) is 4. The smallest absolute Gasteiger partial charge is 0.119 e. The lowest BCUT2D eigenvalue weighted by Crippen LogP contribution is -2.01. The maximum absolute atomic E-state index is 5.41. The highest BCUT2D eigenvalue weighted by Gasteiger charge is 2.25. The van der Waals surface area contributed by atoms with Gasteiger partial charge in [-0.3, -0.25) is 9.78 Å². The van der Waals surface area contributed by atoms with Crippen LogP contribution in [0.4, 0.5) is 0 Å². The van der Waals surface area contributed by atoms with Crippen molar-refractivity contribution >= 4 is 0 Å². The number of fused-ring (bicyclic) bond motifs is 5. The SMILES string of the molecule is COc1ccc2c(c1)-c1[nH]ncc1Cc1c(-c3ccnn3C)ncn1-2. The monoisotopic (exact) mass is 332 g/mol. The predicted molar refractivity (Wildman–Crippen MR) is 92.7 cm³/mol. The summed E-state index contributed by atoms with van der Waals surface area (Å²) in [4.78, 5) is 4.68. The largest absolute Gasteiger partial charge is 0.497 e. The molecular formula is C18H16N6O. The highest BCUT2D eigenvalue weighted by Crippen LogP contribution is 2.38. The van der Waals surface area contributed by atoms with Gasteiger partial charge in [-0.05, 0) is 24.3 Å². The Bertz CT molecular complexity index is 1090. The number of methoxy groups -OCH3 is 1. The maximum Gasteiger partial charge on any atom is 0.119 e. The highest BCUT2D eigenvalue weighted by atomic mass is 16.5. The lowest BCUT2D eigenvalue weighted by atomic mass is 10.0. The molecule has 1 aliphatic heterocycles. The van der Waals surface area contributed by atoms with Crippen molar-refractivity contribution < 1.29 is 4.74 Å². The van der Waals surface area contributed by atoms with Gasteiger partial charge in [0.15, 0.2) is 0 Å². The Hall–Kier alpha value is -3.35. The first-order chi connectivity index (χ1) is 12.3. The van der Waals surface area contributed by atoms with Crippen LogP contribution in [0, 0.1) is 0 Å². The van der Waals surface area contributed by atoms with E-state index in [0.29, 0.717) is 0 Å². The van der Waals surface area contributed by atoms with Crippen LogP contribution in [0.2, 0.25) is 0 Å². The van der Waals surface area contributed by atoms with E-state index in [9.17, 15) is 0 Å². The molecule has 124 valence electrons. The zero-order valence-corrected chi connectivity index (χ0v) is 13.9. The van der Waals surface area contributed by atoms with Crippen LogP contribution in [0.3, 0.4) is 0 Å². The number of hydrogen-bond donors (Lipinski definition) is 1. The summed E-state index contributed by atoms with van der Waals surface area (Å²) < 4.78 is 9.40. The molecule has 0 fully saturated rings. The maximum atomic E-state index is 5.41. The Morgan fingerprint density at radius 2 is 2.16 bits per heavy atom.